The van der Waals surface area contributed by atoms with E-state index < -0.39 is 0 Å². The quantitative estimate of drug-likeness (QED) is 0.832. The van der Waals surface area contributed by atoms with Crippen LogP contribution in [0.15, 0.2) is 42.5 Å². The SMILES string of the molecule is Nc1ccc2c(c1)CCCC2NC(=O)CCc1ccc(Cl)cc1. The van der Waals surface area contributed by atoms with Crippen LogP contribution in [0.2, 0.25) is 5.02 Å². The van der Waals surface area contributed by atoms with E-state index in [0.717, 1.165) is 42.0 Å². The average molecular weight is 329 g/mol. The molecule has 1 unspecified atom stereocenters. The molecule has 0 saturated heterocycles. The summed E-state index contributed by atoms with van der Waals surface area (Å²) < 4.78 is 0. The summed E-state index contributed by atoms with van der Waals surface area (Å²) in [6, 6.07) is 13.7. The molecule has 3 N–H and O–H groups in total. The first-order valence-corrected chi connectivity index (χ1v) is 8.42. The van der Waals surface area contributed by atoms with Gasteiger partial charge in [-0.05, 0) is 66.6 Å². The van der Waals surface area contributed by atoms with Gasteiger partial charge in [-0.2, -0.15) is 0 Å². The first-order valence-electron chi connectivity index (χ1n) is 8.04. The standard InChI is InChI=1S/C19H21ClN2O/c20-15-7-4-13(5-8-15)6-11-19(23)22-18-3-1-2-14-12-16(21)9-10-17(14)18/h4-5,7-10,12,18H,1-3,6,11,21H2,(H,22,23). The Morgan fingerprint density at radius 3 is 2.78 bits per heavy atom. The molecular formula is C19H21ClN2O. The molecule has 3 rings (SSSR count). The number of amides is 1. The van der Waals surface area contributed by atoms with Crippen molar-refractivity contribution in [3.8, 4) is 0 Å². The molecule has 1 aliphatic rings. The Bertz CT molecular complexity index is 697. The summed E-state index contributed by atoms with van der Waals surface area (Å²) in [6.45, 7) is 0. The highest BCUT2D eigenvalue weighted by molar-refractivity contribution is 6.30. The number of hydrogen-bond donors (Lipinski definition) is 2. The van der Waals surface area contributed by atoms with E-state index in [9.17, 15) is 4.79 Å². The fourth-order valence-corrected chi connectivity index (χ4v) is 3.29. The number of fused-ring (bicyclic) bond motifs is 1. The van der Waals surface area contributed by atoms with E-state index in [-0.39, 0.29) is 11.9 Å². The minimum absolute atomic E-state index is 0.0922. The Balaban J connectivity index is 1.59. The van der Waals surface area contributed by atoms with Crippen LogP contribution in [0, 0.1) is 0 Å². The number of hydrogen-bond acceptors (Lipinski definition) is 2. The van der Waals surface area contributed by atoms with Gasteiger partial charge in [0.2, 0.25) is 5.91 Å². The lowest BCUT2D eigenvalue weighted by atomic mass is 9.87. The molecule has 2 aromatic carbocycles. The lowest BCUT2D eigenvalue weighted by Gasteiger charge is -2.26. The van der Waals surface area contributed by atoms with Gasteiger partial charge in [-0.1, -0.05) is 29.8 Å². The summed E-state index contributed by atoms with van der Waals surface area (Å²) in [5.41, 5.74) is 10.2. The Morgan fingerprint density at radius 2 is 2.00 bits per heavy atom. The number of anilines is 1. The van der Waals surface area contributed by atoms with Crippen molar-refractivity contribution in [1.29, 1.82) is 0 Å². The second-order valence-electron chi connectivity index (χ2n) is 6.10. The van der Waals surface area contributed by atoms with Crippen LogP contribution in [0.1, 0.15) is 42.0 Å². The number of halogens is 1. The van der Waals surface area contributed by atoms with Crippen molar-refractivity contribution in [2.24, 2.45) is 0 Å². The number of rotatable bonds is 4. The van der Waals surface area contributed by atoms with Crippen LogP contribution in [-0.2, 0) is 17.6 Å². The summed E-state index contributed by atoms with van der Waals surface area (Å²) in [5.74, 6) is 0.0922. The van der Waals surface area contributed by atoms with E-state index in [1.165, 1.54) is 11.1 Å². The molecule has 1 atom stereocenters. The van der Waals surface area contributed by atoms with Crippen molar-refractivity contribution in [3.05, 3.63) is 64.2 Å². The molecule has 0 fully saturated rings. The summed E-state index contributed by atoms with van der Waals surface area (Å²) in [7, 11) is 0. The number of benzene rings is 2. The van der Waals surface area contributed by atoms with Crippen LogP contribution in [0.4, 0.5) is 5.69 Å². The van der Waals surface area contributed by atoms with Gasteiger partial charge in [0.25, 0.3) is 0 Å². The first kappa shape index (κ1) is 15.9. The van der Waals surface area contributed by atoms with Gasteiger partial charge in [-0.3, -0.25) is 4.79 Å². The second-order valence-corrected chi connectivity index (χ2v) is 6.53. The second kappa shape index (κ2) is 7.05. The molecule has 4 heteroatoms. The molecule has 0 aromatic heterocycles. The summed E-state index contributed by atoms with van der Waals surface area (Å²) in [4.78, 5) is 12.3. The van der Waals surface area contributed by atoms with E-state index in [1.54, 1.807) is 0 Å². The molecule has 2 aromatic rings. The van der Waals surface area contributed by atoms with Crippen molar-refractivity contribution in [2.45, 2.75) is 38.1 Å². The van der Waals surface area contributed by atoms with Gasteiger partial charge in [-0.25, -0.2) is 0 Å². The maximum absolute atomic E-state index is 12.3. The highest BCUT2D eigenvalue weighted by Gasteiger charge is 2.21. The normalized spacial score (nSPS) is 16.7. The Kier molecular flexibility index (Phi) is 4.87. The number of carbonyl (C=O) groups is 1. The van der Waals surface area contributed by atoms with Crippen molar-refractivity contribution < 1.29 is 4.79 Å². The number of nitrogen functional groups attached to an aromatic ring is 1. The Hall–Kier alpha value is -2.00. The maximum atomic E-state index is 12.3. The van der Waals surface area contributed by atoms with Gasteiger partial charge in [0, 0.05) is 17.1 Å². The Morgan fingerprint density at radius 1 is 1.22 bits per heavy atom. The molecule has 0 saturated carbocycles. The van der Waals surface area contributed by atoms with Gasteiger partial charge >= 0.3 is 0 Å². The molecule has 1 amide bonds. The predicted molar refractivity (Wildman–Crippen MR) is 94.4 cm³/mol. The smallest absolute Gasteiger partial charge is 0.220 e. The number of carbonyl (C=O) groups excluding carboxylic acids is 1. The Labute approximate surface area is 141 Å². The zero-order valence-corrected chi connectivity index (χ0v) is 13.8. The third-order valence-corrected chi connectivity index (χ3v) is 4.62. The monoisotopic (exact) mass is 328 g/mol. The molecule has 23 heavy (non-hydrogen) atoms. The van der Waals surface area contributed by atoms with Crippen molar-refractivity contribution in [3.63, 3.8) is 0 Å². The molecule has 0 spiro atoms. The average Bonchev–Trinajstić information content (AvgIpc) is 2.54. The largest absolute Gasteiger partial charge is 0.399 e. The highest BCUT2D eigenvalue weighted by atomic mass is 35.5. The first-order chi connectivity index (χ1) is 11.1. The zero-order chi connectivity index (χ0) is 16.2. The third kappa shape index (κ3) is 4.05. The topological polar surface area (TPSA) is 55.1 Å². The van der Waals surface area contributed by atoms with E-state index in [0.29, 0.717) is 6.42 Å². The summed E-state index contributed by atoms with van der Waals surface area (Å²) in [6.07, 6.45) is 4.33. The van der Waals surface area contributed by atoms with E-state index in [1.807, 2.05) is 42.5 Å². The molecule has 0 bridgehead atoms. The minimum atomic E-state index is 0.0922. The van der Waals surface area contributed by atoms with Gasteiger partial charge in [-0.15, -0.1) is 0 Å². The van der Waals surface area contributed by atoms with Gasteiger partial charge < -0.3 is 11.1 Å². The van der Waals surface area contributed by atoms with Crippen molar-refractivity contribution in [1.82, 2.24) is 5.32 Å². The number of nitrogens with two attached hydrogens (primary N) is 1. The summed E-state index contributed by atoms with van der Waals surface area (Å²) in [5, 5.41) is 3.89. The predicted octanol–water partition coefficient (Wildman–Crippen LogP) is 4.05. The van der Waals surface area contributed by atoms with Crippen molar-refractivity contribution >= 4 is 23.2 Å². The van der Waals surface area contributed by atoms with Crippen LogP contribution in [-0.4, -0.2) is 5.91 Å². The lowest BCUT2D eigenvalue weighted by Crippen LogP contribution is -2.31. The molecule has 3 nitrogen and oxygen atoms in total. The van der Waals surface area contributed by atoms with E-state index >= 15 is 0 Å². The van der Waals surface area contributed by atoms with Gasteiger partial charge in [0.1, 0.15) is 0 Å². The third-order valence-electron chi connectivity index (χ3n) is 4.37. The fourth-order valence-electron chi connectivity index (χ4n) is 3.16. The molecule has 1 aliphatic carbocycles. The molecular weight excluding hydrogens is 308 g/mol. The molecule has 0 heterocycles. The van der Waals surface area contributed by atoms with Crippen molar-refractivity contribution in [2.75, 3.05) is 5.73 Å². The van der Waals surface area contributed by atoms with Crippen LogP contribution >= 0.6 is 11.6 Å². The van der Waals surface area contributed by atoms with Gasteiger partial charge in [0.05, 0.1) is 6.04 Å². The molecule has 120 valence electrons. The van der Waals surface area contributed by atoms with Crippen LogP contribution in [0.3, 0.4) is 0 Å². The maximum Gasteiger partial charge on any atom is 0.220 e. The minimum Gasteiger partial charge on any atom is -0.399 e. The molecule has 0 radical (unpaired) electrons. The van der Waals surface area contributed by atoms with Gasteiger partial charge in [0.15, 0.2) is 0 Å². The highest BCUT2D eigenvalue weighted by Crippen LogP contribution is 2.31. The van der Waals surface area contributed by atoms with Crippen LogP contribution in [0.25, 0.3) is 0 Å². The summed E-state index contributed by atoms with van der Waals surface area (Å²) >= 11 is 5.87. The number of nitrogens with one attached hydrogen (secondary N) is 1. The van der Waals surface area contributed by atoms with Crippen LogP contribution < -0.4 is 11.1 Å². The van der Waals surface area contributed by atoms with E-state index in [4.69, 9.17) is 17.3 Å². The molecule has 0 aliphatic heterocycles. The fraction of sp³-hybridized carbons (Fsp3) is 0.316. The van der Waals surface area contributed by atoms with E-state index in [2.05, 4.69) is 5.32 Å². The lowest BCUT2D eigenvalue weighted by molar-refractivity contribution is -0.121. The van der Waals surface area contributed by atoms with Crippen LogP contribution in [0.5, 0.6) is 0 Å². The zero-order valence-electron chi connectivity index (χ0n) is 13.0. The number of aryl methyl sites for hydroxylation is 2.